The minimum absolute atomic E-state index is 0.0135. The normalized spacial score (nSPS) is 17.5. The standard InChI is InChI=1S/C17H21ClN2O2/c1-17(2,9-18)16(21)19-10-6-12-13-8-11(22-3)4-5-14(13)20-15(12)7-10/h4-5,8,10,20H,6-7,9H2,1-3H3,(H,19,21). The molecule has 0 radical (unpaired) electrons. The highest BCUT2D eigenvalue weighted by molar-refractivity contribution is 6.19. The predicted octanol–water partition coefficient (Wildman–Crippen LogP) is 3.02. The van der Waals surface area contributed by atoms with E-state index in [0.717, 1.165) is 24.1 Å². The van der Waals surface area contributed by atoms with Crippen LogP contribution in [-0.2, 0) is 17.6 Å². The zero-order valence-electron chi connectivity index (χ0n) is 13.1. The summed E-state index contributed by atoms with van der Waals surface area (Å²) in [5.74, 6) is 1.18. The number of H-pyrrole nitrogens is 1. The van der Waals surface area contributed by atoms with E-state index in [1.165, 1.54) is 16.6 Å². The predicted molar refractivity (Wildman–Crippen MR) is 88.7 cm³/mol. The van der Waals surface area contributed by atoms with Gasteiger partial charge in [0, 0.05) is 34.9 Å². The largest absolute Gasteiger partial charge is 0.497 e. The van der Waals surface area contributed by atoms with Gasteiger partial charge in [0.25, 0.3) is 0 Å². The maximum atomic E-state index is 12.3. The molecule has 1 aliphatic rings. The Kier molecular flexibility index (Phi) is 3.81. The molecule has 3 rings (SSSR count). The third-order valence-corrected chi connectivity index (χ3v) is 5.05. The minimum Gasteiger partial charge on any atom is -0.497 e. The van der Waals surface area contributed by atoms with E-state index in [0.29, 0.717) is 5.88 Å². The van der Waals surface area contributed by atoms with Crippen molar-refractivity contribution >= 4 is 28.4 Å². The monoisotopic (exact) mass is 320 g/mol. The van der Waals surface area contributed by atoms with Crippen molar-refractivity contribution in [3.05, 3.63) is 29.5 Å². The molecule has 0 fully saturated rings. The van der Waals surface area contributed by atoms with Crippen molar-refractivity contribution in [3.8, 4) is 5.75 Å². The molecule has 1 heterocycles. The zero-order chi connectivity index (χ0) is 15.9. The zero-order valence-corrected chi connectivity index (χ0v) is 13.9. The number of methoxy groups -OCH3 is 1. The Morgan fingerprint density at radius 3 is 2.91 bits per heavy atom. The number of halogens is 1. The quantitative estimate of drug-likeness (QED) is 0.851. The fourth-order valence-corrected chi connectivity index (χ4v) is 3.05. The Balaban J connectivity index is 1.80. The summed E-state index contributed by atoms with van der Waals surface area (Å²) in [7, 11) is 1.67. The van der Waals surface area contributed by atoms with E-state index >= 15 is 0 Å². The minimum atomic E-state index is -0.539. The van der Waals surface area contributed by atoms with Gasteiger partial charge in [-0.05, 0) is 44.0 Å². The first-order chi connectivity index (χ1) is 10.4. The van der Waals surface area contributed by atoms with Crippen molar-refractivity contribution in [1.82, 2.24) is 10.3 Å². The number of alkyl halides is 1. The number of ether oxygens (including phenoxy) is 1. The number of benzene rings is 1. The third kappa shape index (κ3) is 2.56. The Morgan fingerprint density at radius 2 is 2.23 bits per heavy atom. The highest BCUT2D eigenvalue weighted by Gasteiger charge is 2.32. The molecule has 1 aromatic heterocycles. The smallest absolute Gasteiger partial charge is 0.227 e. The lowest BCUT2D eigenvalue weighted by Crippen LogP contribution is -2.44. The van der Waals surface area contributed by atoms with Gasteiger partial charge < -0.3 is 15.0 Å². The van der Waals surface area contributed by atoms with Gasteiger partial charge in [0.05, 0.1) is 12.5 Å². The summed E-state index contributed by atoms with van der Waals surface area (Å²) in [4.78, 5) is 15.7. The fraction of sp³-hybridized carbons (Fsp3) is 0.471. The van der Waals surface area contributed by atoms with Crippen LogP contribution in [0.1, 0.15) is 25.1 Å². The van der Waals surface area contributed by atoms with Crippen LogP contribution in [0.3, 0.4) is 0 Å². The van der Waals surface area contributed by atoms with Crippen LogP contribution in [0.5, 0.6) is 5.75 Å². The number of fused-ring (bicyclic) bond motifs is 3. The van der Waals surface area contributed by atoms with E-state index < -0.39 is 5.41 Å². The van der Waals surface area contributed by atoms with Crippen LogP contribution in [0, 0.1) is 5.41 Å². The highest BCUT2D eigenvalue weighted by atomic mass is 35.5. The van der Waals surface area contributed by atoms with Crippen molar-refractivity contribution < 1.29 is 9.53 Å². The molecule has 1 aliphatic carbocycles. The number of hydrogen-bond donors (Lipinski definition) is 2. The number of carbonyl (C=O) groups is 1. The molecule has 2 aromatic rings. The molecule has 118 valence electrons. The van der Waals surface area contributed by atoms with Crippen LogP contribution in [0.2, 0.25) is 0 Å². The lowest BCUT2D eigenvalue weighted by Gasteiger charge is -2.23. The van der Waals surface area contributed by atoms with E-state index in [2.05, 4.69) is 16.4 Å². The van der Waals surface area contributed by atoms with Crippen molar-refractivity contribution in [2.45, 2.75) is 32.7 Å². The van der Waals surface area contributed by atoms with Gasteiger partial charge in [0.15, 0.2) is 0 Å². The summed E-state index contributed by atoms with van der Waals surface area (Å²) in [6, 6.07) is 6.18. The molecule has 2 N–H and O–H groups in total. The van der Waals surface area contributed by atoms with Crippen LogP contribution < -0.4 is 10.1 Å². The van der Waals surface area contributed by atoms with Crippen molar-refractivity contribution in [2.75, 3.05) is 13.0 Å². The lowest BCUT2D eigenvalue weighted by atomic mass is 9.94. The van der Waals surface area contributed by atoms with Crippen LogP contribution in [0.4, 0.5) is 0 Å². The molecule has 1 aromatic carbocycles. The average Bonchev–Trinajstić information content (AvgIpc) is 3.03. The number of hydrogen-bond acceptors (Lipinski definition) is 2. The molecule has 22 heavy (non-hydrogen) atoms. The molecule has 1 amide bonds. The van der Waals surface area contributed by atoms with E-state index in [4.69, 9.17) is 16.3 Å². The van der Waals surface area contributed by atoms with Crippen molar-refractivity contribution in [3.63, 3.8) is 0 Å². The van der Waals surface area contributed by atoms with Gasteiger partial charge in [-0.25, -0.2) is 0 Å². The van der Waals surface area contributed by atoms with Crippen LogP contribution in [0.15, 0.2) is 18.2 Å². The summed E-state index contributed by atoms with van der Waals surface area (Å²) < 4.78 is 5.30. The van der Waals surface area contributed by atoms with Crippen LogP contribution >= 0.6 is 11.6 Å². The Hall–Kier alpha value is -1.68. The second kappa shape index (κ2) is 5.51. The molecule has 1 unspecified atom stereocenters. The summed E-state index contributed by atoms with van der Waals surface area (Å²) in [5, 5.41) is 4.30. The summed E-state index contributed by atoms with van der Waals surface area (Å²) in [6.45, 7) is 3.73. The molecule has 0 spiro atoms. The molecule has 0 saturated carbocycles. The van der Waals surface area contributed by atoms with Gasteiger partial charge in [-0.1, -0.05) is 0 Å². The molecule has 5 heteroatoms. The third-order valence-electron chi connectivity index (χ3n) is 4.39. The lowest BCUT2D eigenvalue weighted by molar-refractivity contribution is -0.129. The second-order valence-electron chi connectivity index (χ2n) is 6.59. The molecule has 4 nitrogen and oxygen atoms in total. The number of rotatable bonds is 4. The number of nitrogens with one attached hydrogen (secondary N) is 2. The average molecular weight is 321 g/mol. The van der Waals surface area contributed by atoms with Crippen molar-refractivity contribution in [2.24, 2.45) is 5.41 Å². The van der Waals surface area contributed by atoms with Gasteiger partial charge in [-0.2, -0.15) is 0 Å². The number of amides is 1. The SMILES string of the molecule is COc1ccc2[nH]c3c(c2c1)CC(NC(=O)C(C)(C)CCl)C3. The molecule has 0 saturated heterocycles. The second-order valence-corrected chi connectivity index (χ2v) is 6.86. The molecule has 1 atom stereocenters. The Bertz CT molecular complexity index is 721. The van der Waals surface area contributed by atoms with Crippen molar-refractivity contribution in [1.29, 1.82) is 0 Å². The maximum Gasteiger partial charge on any atom is 0.227 e. The first-order valence-corrected chi connectivity index (χ1v) is 8.02. The van der Waals surface area contributed by atoms with Gasteiger partial charge in [-0.3, -0.25) is 4.79 Å². The van der Waals surface area contributed by atoms with E-state index in [-0.39, 0.29) is 11.9 Å². The van der Waals surface area contributed by atoms with Gasteiger partial charge in [0.1, 0.15) is 5.75 Å². The Morgan fingerprint density at radius 1 is 1.45 bits per heavy atom. The molecular weight excluding hydrogens is 300 g/mol. The highest BCUT2D eigenvalue weighted by Crippen LogP contribution is 2.32. The Labute approximate surface area is 135 Å². The van der Waals surface area contributed by atoms with Gasteiger partial charge in [-0.15, -0.1) is 11.6 Å². The summed E-state index contributed by atoms with van der Waals surface area (Å²) in [6.07, 6.45) is 1.67. The summed E-state index contributed by atoms with van der Waals surface area (Å²) in [5.41, 5.74) is 3.07. The maximum absolute atomic E-state index is 12.3. The van der Waals surface area contributed by atoms with E-state index in [1.54, 1.807) is 7.11 Å². The van der Waals surface area contributed by atoms with Crippen LogP contribution in [-0.4, -0.2) is 29.9 Å². The number of aromatic nitrogens is 1. The first kappa shape index (κ1) is 15.2. The topological polar surface area (TPSA) is 54.1 Å². The number of carbonyl (C=O) groups excluding carboxylic acids is 1. The molecule has 0 aliphatic heterocycles. The summed E-state index contributed by atoms with van der Waals surface area (Å²) >= 11 is 5.87. The van der Waals surface area contributed by atoms with Gasteiger partial charge >= 0.3 is 0 Å². The van der Waals surface area contributed by atoms with Gasteiger partial charge in [0.2, 0.25) is 5.91 Å². The molecular formula is C17H21ClN2O2. The fourth-order valence-electron chi connectivity index (χ4n) is 2.93. The van der Waals surface area contributed by atoms with E-state index in [9.17, 15) is 4.79 Å². The molecule has 0 bridgehead atoms. The number of aromatic amines is 1. The first-order valence-electron chi connectivity index (χ1n) is 7.49. The van der Waals surface area contributed by atoms with E-state index in [1.807, 2.05) is 26.0 Å². The van der Waals surface area contributed by atoms with Crippen LogP contribution in [0.25, 0.3) is 10.9 Å².